The summed E-state index contributed by atoms with van der Waals surface area (Å²) in [5.74, 6) is -0.342. The first kappa shape index (κ1) is 15.0. The van der Waals surface area contributed by atoms with Gasteiger partial charge in [0.1, 0.15) is 11.2 Å². The standard InChI is InChI=1S/C16H15FN4O2/c1-9-8-18-14-12(15(22)21(3)16(23)20(14)2)13(9)19-11-6-4-10(17)5-7-11/h4-8H,1-3H3,(H,18,19). The zero-order valence-electron chi connectivity index (χ0n) is 12.9. The third kappa shape index (κ3) is 2.40. The van der Waals surface area contributed by atoms with E-state index in [1.165, 1.54) is 23.7 Å². The van der Waals surface area contributed by atoms with E-state index in [9.17, 15) is 14.0 Å². The molecule has 6 nitrogen and oxygen atoms in total. The van der Waals surface area contributed by atoms with Crippen LogP contribution in [0.3, 0.4) is 0 Å². The summed E-state index contributed by atoms with van der Waals surface area (Å²) in [6.45, 7) is 1.81. The Kier molecular flexibility index (Phi) is 3.48. The minimum Gasteiger partial charge on any atom is -0.354 e. The molecule has 0 unspecified atom stereocenters. The molecule has 118 valence electrons. The normalized spacial score (nSPS) is 11.0. The number of halogens is 1. The maximum Gasteiger partial charge on any atom is 0.332 e. The topological polar surface area (TPSA) is 68.9 Å². The Balaban J connectivity index is 2.32. The van der Waals surface area contributed by atoms with Crippen molar-refractivity contribution in [3.8, 4) is 0 Å². The lowest BCUT2D eigenvalue weighted by Crippen LogP contribution is -2.37. The van der Waals surface area contributed by atoms with Gasteiger partial charge >= 0.3 is 5.69 Å². The highest BCUT2D eigenvalue weighted by molar-refractivity contribution is 5.92. The number of benzene rings is 1. The zero-order chi connectivity index (χ0) is 16.7. The van der Waals surface area contributed by atoms with Crippen LogP contribution in [0.15, 0.2) is 40.1 Å². The van der Waals surface area contributed by atoms with Gasteiger partial charge in [0.25, 0.3) is 5.56 Å². The summed E-state index contributed by atoms with van der Waals surface area (Å²) in [5.41, 5.74) is 1.37. The van der Waals surface area contributed by atoms with Gasteiger partial charge < -0.3 is 5.32 Å². The van der Waals surface area contributed by atoms with Crippen molar-refractivity contribution in [2.75, 3.05) is 5.32 Å². The van der Waals surface area contributed by atoms with E-state index in [0.717, 1.165) is 10.1 Å². The van der Waals surface area contributed by atoms with E-state index < -0.39 is 11.2 Å². The zero-order valence-corrected chi connectivity index (χ0v) is 12.9. The van der Waals surface area contributed by atoms with Gasteiger partial charge in [-0.2, -0.15) is 0 Å². The van der Waals surface area contributed by atoms with Crippen LogP contribution in [0.1, 0.15) is 5.56 Å². The molecule has 0 radical (unpaired) electrons. The first-order valence-electron chi connectivity index (χ1n) is 6.98. The highest BCUT2D eigenvalue weighted by Gasteiger charge is 2.15. The molecule has 3 aromatic rings. The van der Waals surface area contributed by atoms with Gasteiger partial charge in [-0.05, 0) is 36.8 Å². The number of aromatic nitrogens is 3. The highest BCUT2D eigenvalue weighted by Crippen LogP contribution is 2.25. The Morgan fingerprint density at radius 2 is 1.74 bits per heavy atom. The van der Waals surface area contributed by atoms with Crippen LogP contribution in [0.2, 0.25) is 0 Å². The number of anilines is 2. The molecule has 1 N–H and O–H groups in total. The van der Waals surface area contributed by atoms with Gasteiger partial charge in [0.15, 0.2) is 5.65 Å². The second-order valence-corrected chi connectivity index (χ2v) is 5.35. The van der Waals surface area contributed by atoms with E-state index in [-0.39, 0.29) is 5.82 Å². The molecule has 0 aliphatic rings. The maximum atomic E-state index is 13.0. The molecule has 0 atom stereocenters. The number of aryl methyl sites for hydroxylation is 2. The Bertz CT molecular complexity index is 1020. The fourth-order valence-electron chi connectivity index (χ4n) is 2.46. The molecule has 0 bridgehead atoms. The predicted molar refractivity (Wildman–Crippen MR) is 86.6 cm³/mol. The number of fused-ring (bicyclic) bond motifs is 1. The first-order valence-corrected chi connectivity index (χ1v) is 6.98. The molecule has 0 saturated heterocycles. The lowest BCUT2D eigenvalue weighted by molar-refractivity contribution is 0.628. The Morgan fingerprint density at radius 1 is 1.09 bits per heavy atom. The van der Waals surface area contributed by atoms with E-state index in [2.05, 4.69) is 10.3 Å². The summed E-state index contributed by atoms with van der Waals surface area (Å²) in [4.78, 5) is 28.8. The van der Waals surface area contributed by atoms with Gasteiger partial charge in [0, 0.05) is 26.0 Å². The number of rotatable bonds is 2. The average Bonchev–Trinajstić information content (AvgIpc) is 2.54. The molecule has 3 rings (SSSR count). The van der Waals surface area contributed by atoms with Crippen LogP contribution in [0.25, 0.3) is 11.0 Å². The quantitative estimate of drug-likeness (QED) is 0.783. The summed E-state index contributed by atoms with van der Waals surface area (Å²) in [5, 5.41) is 3.44. The van der Waals surface area contributed by atoms with Gasteiger partial charge in [0.05, 0.1) is 5.69 Å². The minimum absolute atomic E-state index is 0.299. The molecule has 0 aliphatic heterocycles. The minimum atomic E-state index is -0.438. The van der Waals surface area contributed by atoms with Crippen molar-refractivity contribution in [3.63, 3.8) is 0 Å². The van der Waals surface area contributed by atoms with E-state index in [4.69, 9.17) is 0 Å². The molecular weight excluding hydrogens is 299 g/mol. The highest BCUT2D eigenvalue weighted by atomic mass is 19.1. The van der Waals surface area contributed by atoms with Gasteiger partial charge in [-0.25, -0.2) is 14.2 Å². The van der Waals surface area contributed by atoms with Gasteiger partial charge in [-0.3, -0.25) is 13.9 Å². The Hall–Kier alpha value is -2.96. The first-order chi connectivity index (χ1) is 10.9. The third-order valence-corrected chi connectivity index (χ3v) is 3.77. The number of nitrogens with one attached hydrogen (secondary N) is 1. The van der Waals surface area contributed by atoms with Gasteiger partial charge in [-0.15, -0.1) is 0 Å². The molecule has 0 saturated carbocycles. The van der Waals surface area contributed by atoms with Crippen LogP contribution in [0.4, 0.5) is 15.8 Å². The van der Waals surface area contributed by atoms with Crippen molar-refractivity contribution in [1.82, 2.24) is 14.1 Å². The Morgan fingerprint density at radius 3 is 2.39 bits per heavy atom. The second-order valence-electron chi connectivity index (χ2n) is 5.35. The van der Waals surface area contributed by atoms with Crippen LogP contribution < -0.4 is 16.6 Å². The third-order valence-electron chi connectivity index (χ3n) is 3.77. The lowest BCUT2D eigenvalue weighted by atomic mass is 10.1. The summed E-state index contributed by atoms with van der Waals surface area (Å²) in [6.07, 6.45) is 1.59. The van der Waals surface area contributed by atoms with Crippen molar-refractivity contribution in [1.29, 1.82) is 0 Å². The average molecular weight is 314 g/mol. The van der Waals surface area contributed by atoms with Crippen LogP contribution >= 0.6 is 0 Å². The summed E-state index contributed by atoms with van der Waals surface area (Å²) in [7, 11) is 2.99. The van der Waals surface area contributed by atoms with Crippen LogP contribution in [0.5, 0.6) is 0 Å². The second kappa shape index (κ2) is 5.35. The summed E-state index contributed by atoms with van der Waals surface area (Å²) >= 11 is 0. The summed E-state index contributed by atoms with van der Waals surface area (Å²) in [6, 6.07) is 5.81. The molecule has 7 heteroatoms. The van der Waals surface area contributed by atoms with Crippen molar-refractivity contribution >= 4 is 22.4 Å². The van der Waals surface area contributed by atoms with Crippen LogP contribution in [-0.4, -0.2) is 14.1 Å². The number of hydrogen-bond donors (Lipinski definition) is 1. The fraction of sp³-hybridized carbons (Fsp3) is 0.188. The molecule has 0 aliphatic carbocycles. The van der Waals surface area contributed by atoms with Crippen molar-refractivity contribution in [2.45, 2.75) is 6.92 Å². The molecule has 0 fully saturated rings. The van der Waals surface area contributed by atoms with E-state index in [1.54, 1.807) is 25.4 Å². The maximum absolute atomic E-state index is 13.0. The van der Waals surface area contributed by atoms with Gasteiger partial charge in [0.2, 0.25) is 0 Å². The van der Waals surface area contributed by atoms with Crippen LogP contribution in [0, 0.1) is 12.7 Å². The van der Waals surface area contributed by atoms with Crippen molar-refractivity contribution in [2.24, 2.45) is 14.1 Å². The predicted octanol–water partition coefficient (Wildman–Crippen LogP) is 1.82. The molecule has 2 heterocycles. The number of hydrogen-bond acceptors (Lipinski definition) is 4. The number of pyridine rings is 1. The summed E-state index contributed by atoms with van der Waals surface area (Å²) < 4.78 is 15.4. The van der Waals surface area contributed by atoms with E-state index in [1.807, 2.05) is 6.92 Å². The molecule has 0 amide bonds. The Labute approximate surface area is 130 Å². The fourth-order valence-corrected chi connectivity index (χ4v) is 2.46. The molecular formula is C16H15FN4O2. The molecule has 2 aromatic heterocycles. The van der Waals surface area contributed by atoms with E-state index >= 15 is 0 Å². The van der Waals surface area contributed by atoms with Crippen molar-refractivity contribution in [3.05, 3.63) is 62.7 Å². The van der Waals surface area contributed by atoms with E-state index in [0.29, 0.717) is 22.4 Å². The van der Waals surface area contributed by atoms with Gasteiger partial charge in [-0.1, -0.05) is 0 Å². The largest absolute Gasteiger partial charge is 0.354 e. The van der Waals surface area contributed by atoms with Crippen LogP contribution in [-0.2, 0) is 14.1 Å². The molecule has 0 spiro atoms. The lowest BCUT2D eigenvalue weighted by Gasteiger charge is -2.14. The molecule has 1 aromatic carbocycles. The number of nitrogens with zero attached hydrogens (tertiary/aromatic N) is 3. The monoisotopic (exact) mass is 314 g/mol. The molecule has 23 heavy (non-hydrogen) atoms. The smallest absolute Gasteiger partial charge is 0.332 e. The SMILES string of the molecule is Cc1cnc2c(c1Nc1ccc(F)cc1)c(=O)n(C)c(=O)n2C. The van der Waals surface area contributed by atoms with Crippen molar-refractivity contribution < 1.29 is 4.39 Å².